The van der Waals surface area contributed by atoms with Crippen molar-refractivity contribution in [3.05, 3.63) is 24.3 Å². The van der Waals surface area contributed by atoms with Gasteiger partial charge in [0.05, 0.1) is 135 Å². The van der Waals surface area contributed by atoms with Gasteiger partial charge in [-0.15, -0.1) is 0 Å². The predicted molar refractivity (Wildman–Crippen MR) is 278 cm³/mol. The number of esters is 1. The van der Waals surface area contributed by atoms with Gasteiger partial charge in [0.25, 0.3) is 0 Å². The first-order chi connectivity index (χ1) is 38.4. The van der Waals surface area contributed by atoms with Crippen LogP contribution in [0.4, 0.5) is 0 Å². The van der Waals surface area contributed by atoms with Crippen molar-refractivity contribution < 1.29 is 91.2 Å². The Labute approximate surface area is 469 Å². The van der Waals surface area contributed by atoms with E-state index in [0.29, 0.717) is 89.9 Å². The molecule has 0 unspecified atom stereocenters. The molecule has 0 aromatic rings. The van der Waals surface area contributed by atoms with E-state index in [0.717, 1.165) is 36.8 Å². The minimum absolute atomic E-state index is 0.0340. The van der Waals surface area contributed by atoms with Gasteiger partial charge in [0.1, 0.15) is 30.5 Å². The van der Waals surface area contributed by atoms with Crippen LogP contribution in [0.5, 0.6) is 0 Å². The molecule has 19 heteroatoms. The van der Waals surface area contributed by atoms with Crippen molar-refractivity contribution >= 4 is 5.97 Å². The maximum Gasteiger partial charge on any atom is 0.308 e. The van der Waals surface area contributed by atoms with Gasteiger partial charge < -0.3 is 86.4 Å². The molecule has 0 amide bonds. The molecule has 0 radical (unpaired) electrons. The second kappa shape index (κ2) is 20.7. The molecule has 2 spiro atoms. The number of rotatable bonds is 2. The number of carbonyl (C=O) groups excluding carboxylic acids is 1. The molecule has 0 saturated carbocycles. The molecule has 15 saturated heterocycles. The summed E-state index contributed by atoms with van der Waals surface area (Å²) in [5.41, 5.74) is 2.09. The number of ether oxygens (including phenoxy) is 15. The summed E-state index contributed by atoms with van der Waals surface area (Å²) in [6, 6.07) is 0. The first-order valence-corrected chi connectivity index (χ1v) is 31.3. The fourth-order valence-corrected chi connectivity index (χ4v) is 18.4. The van der Waals surface area contributed by atoms with Gasteiger partial charge in [-0.2, -0.15) is 0 Å². The van der Waals surface area contributed by atoms with Crippen LogP contribution in [0.15, 0.2) is 24.3 Å². The molecule has 15 rings (SSSR count). The van der Waals surface area contributed by atoms with Gasteiger partial charge in [-0.25, -0.2) is 0 Å². The fraction of sp³-hybridized carbons (Fsp3) is 0.918. The molecule has 446 valence electrons. The second-order valence-corrected chi connectivity index (χ2v) is 27.9. The van der Waals surface area contributed by atoms with Crippen molar-refractivity contribution in [2.75, 3.05) is 6.61 Å². The number of aliphatic hydroxyl groups is 3. The van der Waals surface area contributed by atoms with Crippen LogP contribution in [0.2, 0.25) is 0 Å². The summed E-state index contributed by atoms with van der Waals surface area (Å²) >= 11 is 0. The highest BCUT2D eigenvalue weighted by molar-refractivity contribution is 5.70. The van der Waals surface area contributed by atoms with Crippen LogP contribution in [0.3, 0.4) is 0 Å². The van der Waals surface area contributed by atoms with Gasteiger partial charge in [0.15, 0.2) is 17.4 Å². The third-order valence-corrected chi connectivity index (χ3v) is 22.2. The topological polar surface area (TPSA) is 216 Å². The molecule has 0 aliphatic carbocycles. The molecule has 15 fully saturated rings. The molecule has 32 atom stereocenters. The Hall–Kier alpha value is -1.73. The van der Waals surface area contributed by atoms with Gasteiger partial charge in [0, 0.05) is 76.5 Å². The average molecular weight is 1130 g/mol. The number of hydrogen-bond acceptors (Lipinski definition) is 19. The summed E-state index contributed by atoms with van der Waals surface area (Å²) in [5, 5.41) is 32.3. The van der Waals surface area contributed by atoms with Crippen LogP contribution in [0.1, 0.15) is 150 Å². The van der Waals surface area contributed by atoms with E-state index in [2.05, 4.69) is 40.9 Å². The molecule has 80 heavy (non-hydrogen) atoms. The van der Waals surface area contributed by atoms with Crippen molar-refractivity contribution in [3.63, 3.8) is 0 Å². The summed E-state index contributed by atoms with van der Waals surface area (Å²) in [6.07, 6.45) is 3.07. The van der Waals surface area contributed by atoms with Crippen LogP contribution in [0, 0.1) is 23.7 Å². The Morgan fingerprint density at radius 3 is 2.01 bits per heavy atom. The van der Waals surface area contributed by atoms with E-state index < -0.39 is 60.1 Å². The smallest absolute Gasteiger partial charge is 0.308 e. The molecule has 3 N–H and O–H groups in total. The Bertz CT molecular complexity index is 2360. The zero-order valence-electron chi connectivity index (χ0n) is 47.2. The van der Waals surface area contributed by atoms with Gasteiger partial charge in [-0.1, -0.05) is 40.9 Å². The molecule has 15 aliphatic rings. The van der Waals surface area contributed by atoms with E-state index in [-0.39, 0.29) is 153 Å². The molecule has 0 aromatic heterocycles. The van der Waals surface area contributed by atoms with Gasteiger partial charge in [-0.3, -0.25) is 4.79 Å². The Morgan fingerprint density at radius 2 is 1.16 bits per heavy atom. The number of aliphatic hydroxyl groups excluding tert-OH is 2. The van der Waals surface area contributed by atoms with E-state index in [1.54, 1.807) is 0 Å². The monoisotopic (exact) mass is 1120 g/mol. The van der Waals surface area contributed by atoms with Crippen LogP contribution >= 0.6 is 0 Å². The molecule has 15 heterocycles. The van der Waals surface area contributed by atoms with E-state index in [4.69, 9.17) is 71.1 Å². The third-order valence-electron chi connectivity index (χ3n) is 22.2. The molecule has 0 aromatic carbocycles. The normalized spacial score (nSPS) is 57.6. The highest BCUT2D eigenvalue weighted by Gasteiger charge is 2.66. The summed E-state index contributed by atoms with van der Waals surface area (Å²) in [7, 11) is 0. The molecule has 10 bridgehead atoms. The van der Waals surface area contributed by atoms with Crippen LogP contribution in [0.25, 0.3) is 0 Å². The zero-order valence-corrected chi connectivity index (χ0v) is 47.2. The first kappa shape index (κ1) is 54.9. The van der Waals surface area contributed by atoms with Crippen LogP contribution in [-0.4, -0.2) is 198 Å². The summed E-state index contributed by atoms with van der Waals surface area (Å²) < 4.78 is 103. The highest BCUT2D eigenvalue weighted by Crippen LogP contribution is 2.57. The van der Waals surface area contributed by atoms with Crippen molar-refractivity contribution in [1.82, 2.24) is 0 Å². The SMILES string of the molecule is C=C1C[C@@H]2CC[C@@]3(O)C[C@@H]4C[C@@H]5O[C@H]6CC[C@H](CC(=O)O[C@@H]7[C@@H](C)[C@@H]8O[C@@H]9C[C@]%10(C[C@@H]%11O[C@]%12(C[C@H](C)[C@@H]%13O[C@@H]%14C[C@@H]([C@@H](O)CO)O[C@@H]%14C[C@@H]%13O%12)C[C@H](C)[C@@H]%11O%10)O[C@@H]9C[C@@H]8O[C@H]7C[C@H]7O[C@@H](CC[C@@H]1O2)C[C@@H](C)C7=C)O[C@@H]6[C@H](O3)[C@@H]5O4. The fourth-order valence-electron chi connectivity index (χ4n) is 18.4. The number of carbonyl (C=O) groups is 1. The summed E-state index contributed by atoms with van der Waals surface area (Å²) in [4.78, 5) is 14.6. The van der Waals surface area contributed by atoms with Crippen LogP contribution < -0.4 is 0 Å². The highest BCUT2D eigenvalue weighted by atomic mass is 16.8. The third kappa shape index (κ3) is 9.77. The lowest BCUT2D eigenvalue weighted by molar-refractivity contribution is -0.369. The van der Waals surface area contributed by atoms with Gasteiger partial charge in [0.2, 0.25) is 0 Å². The largest absolute Gasteiger partial charge is 0.459 e. The van der Waals surface area contributed by atoms with Gasteiger partial charge >= 0.3 is 5.97 Å². The quantitative estimate of drug-likeness (QED) is 0.236. The van der Waals surface area contributed by atoms with E-state index in [9.17, 15) is 20.1 Å². The first-order valence-electron chi connectivity index (χ1n) is 31.3. The lowest BCUT2D eigenvalue weighted by Gasteiger charge is -2.54. The minimum atomic E-state index is -1.43. The molecule has 15 aliphatic heterocycles. The maximum absolute atomic E-state index is 14.6. The van der Waals surface area contributed by atoms with E-state index >= 15 is 0 Å². The molecular weight excluding hydrogens is 1040 g/mol. The van der Waals surface area contributed by atoms with Crippen molar-refractivity contribution in [2.45, 2.75) is 320 Å². The standard InChI is InChI=1S/C61H88O19/c1-27-13-33-7-9-38-28(2)14-35(66-38)11-12-59(65)23-36-15-45-57(69-36)58(79-59)56-39(70-45)10-8-34(68-56)16-51(64)75-55-32(6)54-47(72-46(55)17-40(67-33)31(27)5)20-44-49(74-54)24-61(76-44)25-50-53(80-61)30(4)22-60(78-50)21-29(3)52-48(77-60)19-42-43(73-52)18-41(71-42)37(63)26-62/h27,29-30,32-50,52-58,62-63,65H,2,5,7-26H2,1,3-4,6H3/t27-,29+,30+,32+,33+,34-,35+,36+,37+,38+,39+,40-,41+,42-,43-,44-,45+,46+,47+,48+,49-,50+,52+,53+,54+,55-,56+,57-,58+,59+,60-,61+/m1/s1. The summed E-state index contributed by atoms with van der Waals surface area (Å²) in [5.74, 6) is -3.30. The lowest BCUT2D eigenvalue weighted by atomic mass is 9.78. The molecular formula is C61H88O19. The molecule has 19 nitrogen and oxygen atoms in total. The zero-order chi connectivity index (χ0) is 54.7. The van der Waals surface area contributed by atoms with Gasteiger partial charge in [-0.05, 0) is 73.8 Å². The Balaban J connectivity index is 0.654. The second-order valence-electron chi connectivity index (χ2n) is 27.9. The lowest BCUT2D eigenvalue weighted by Crippen LogP contribution is -2.62. The van der Waals surface area contributed by atoms with Crippen molar-refractivity contribution in [3.8, 4) is 0 Å². The van der Waals surface area contributed by atoms with Crippen molar-refractivity contribution in [1.29, 1.82) is 0 Å². The van der Waals surface area contributed by atoms with Crippen molar-refractivity contribution in [2.24, 2.45) is 23.7 Å². The van der Waals surface area contributed by atoms with E-state index in [1.807, 2.05) is 0 Å². The number of hydrogen-bond donors (Lipinski definition) is 3. The predicted octanol–water partition coefficient (Wildman–Crippen LogP) is 5.32. The maximum atomic E-state index is 14.6. The van der Waals surface area contributed by atoms with E-state index in [1.165, 1.54) is 0 Å². The summed E-state index contributed by atoms with van der Waals surface area (Å²) in [6.45, 7) is 17.5. The number of fused-ring (bicyclic) bond motifs is 13. The van der Waals surface area contributed by atoms with Crippen LogP contribution in [-0.2, 0) is 75.8 Å². The minimum Gasteiger partial charge on any atom is -0.459 e. The average Bonchev–Trinajstić information content (AvgIpc) is 3.88. The Morgan fingerprint density at radius 1 is 0.500 bits per heavy atom. The Kier molecular flexibility index (Phi) is 14.2.